The lowest BCUT2D eigenvalue weighted by atomic mass is 10.0. The minimum absolute atomic E-state index is 0.177. The Morgan fingerprint density at radius 3 is 2.81 bits per heavy atom. The van der Waals surface area contributed by atoms with E-state index in [1.165, 1.54) is 0 Å². The molecule has 0 spiro atoms. The molecule has 1 aliphatic rings. The molecule has 0 saturated carbocycles. The van der Waals surface area contributed by atoms with E-state index in [0.717, 1.165) is 31.0 Å². The van der Waals surface area contributed by atoms with E-state index in [9.17, 15) is 5.11 Å². The lowest BCUT2D eigenvalue weighted by Gasteiger charge is -2.35. The van der Waals surface area contributed by atoms with Crippen molar-refractivity contribution in [3.8, 4) is 5.75 Å². The number of ether oxygens (including phenoxy) is 1. The number of rotatable bonds is 4. The fraction of sp³-hybridized carbons (Fsp3) is 0.400. The van der Waals surface area contributed by atoms with Crippen LogP contribution >= 0.6 is 11.6 Å². The molecule has 2 atom stereocenters. The number of nitrogens with one attached hydrogen (secondary N) is 1. The number of nitrogens with zero attached hydrogens (tertiary/aromatic N) is 2. The molecule has 5 nitrogen and oxygen atoms in total. The van der Waals surface area contributed by atoms with Crippen molar-refractivity contribution in [1.82, 2.24) is 15.1 Å². The molecular weight excluding hydrogens is 290 g/mol. The Morgan fingerprint density at radius 2 is 2.14 bits per heavy atom. The summed E-state index contributed by atoms with van der Waals surface area (Å²) < 4.78 is 5.85. The lowest BCUT2D eigenvalue weighted by Crippen LogP contribution is -2.48. The number of piperidine rings is 1. The number of likely N-dealkylation sites (tertiary alicyclic amines) is 1. The Morgan fingerprint density at radius 1 is 1.33 bits per heavy atom. The number of hydrogen-bond donors (Lipinski definition) is 2. The zero-order valence-corrected chi connectivity index (χ0v) is 12.3. The van der Waals surface area contributed by atoms with Gasteiger partial charge in [0.25, 0.3) is 0 Å². The summed E-state index contributed by atoms with van der Waals surface area (Å²) in [6.45, 7) is 2.25. The second-order valence-electron chi connectivity index (χ2n) is 5.28. The number of aromatic nitrogens is 2. The Hall–Kier alpha value is -1.56. The highest BCUT2D eigenvalue weighted by Crippen LogP contribution is 2.22. The fourth-order valence-electron chi connectivity index (χ4n) is 2.56. The molecule has 0 unspecified atom stereocenters. The van der Waals surface area contributed by atoms with Crippen LogP contribution in [0.15, 0.2) is 36.5 Å². The van der Waals surface area contributed by atoms with Gasteiger partial charge in [-0.2, -0.15) is 5.10 Å². The van der Waals surface area contributed by atoms with Gasteiger partial charge in [0, 0.05) is 36.5 Å². The Labute approximate surface area is 128 Å². The molecule has 2 aromatic rings. The van der Waals surface area contributed by atoms with Gasteiger partial charge >= 0.3 is 0 Å². The van der Waals surface area contributed by atoms with E-state index in [-0.39, 0.29) is 6.10 Å². The molecular formula is C15H18ClN3O2. The first-order valence-electron chi connectivity index (χ1n) is 7.01. The van der Waals surface area contributed by atoms with Gasteiger partial charge in [0.1, 0.15) is 18.0 Å². The molecule has 0 amide bonds. The van der Waals surface area contributed by atoms with Crippen molar-refractivity contribution in [2.75, 3.05) is 13.1 Å². The number of H-pyrrole nitrogens is 1. The number of aliphatic hydroxyl groups is 1. The molecule has 2 N–H and O–H groups in total. The van der Waals surface area contributed by atoms with Crippen LogP contribution in [0.3, 0.4) is 0 Å². The quantitative estimate of drug-likeness (QED) is 0.908. The van der Waals surface area contributed by atoms with Crippen LogP contribution in [-0.2, 0) is 6.54 Å². The molecule has 0 radical (unpaired) electrons. The molecule has 3 rings (SSSR count). The first-order valence-corrected chi connectivity index (χ1v) is 7.39. The SMILES string of the molecule is O[C@@H]1CN(Cc2ccn[nH]2)CC[C@H]1Oc1ccc(Cl)cc1. The van der Waals surface area contributed by atoms with Crippen LogP contribution in [0.1, 0.15) is 12.1 Å². The molecule has 1 aromatic carbocycles. The maximum absolute atomic E-state index is 10.3. The smallest absolute Gasteiger partial charge is 0.127 e. The third-order valence-corrected chi connectivity index (χ3v) is 3.91. The predicted molar refractivity (Wildman–Crippen MR) is 80.4 cm³/mol. The van der Waals surface area contributed by atoms with Crippen LogP contribution in [0.5, 0.6) is 5.75 Å². The van der Waals surface area contributed by atoms with E-state index in [2.05, 4.69) is 15.1 Å². The number of halogens is 1. The van der Waals surface area contributed by atoms with Crippen molar-refractivity contribution in [2.24, 2.45) is 0 Å². The molecule has 1 saturated heterocycles. The largest absolute Gasteiger partial charge is 0.488 e. The average Bonchev–Trinajstić information content (AvgIpc) is 2.97. The molecule has 0 bridgehead atoms. The zero-order valence-electron chi connectivity index (χ0n) is 11.6. The van der Waals surface area contributed by atoms with E-state index >= 15 is 0 Å². The summed E-state index contributed by atoms with van der Waals surface area (Å²) in [5, 5.41) is 17.8. The van der Waals surface area contributed by atoms with E-state index in [4.69, 9.17) is 16.3 Å². The van der Waals surface area contributed by atoms with Gasteiger partial charge in [-0.25, -0.2) is 0 Å². The minimum atomic E-state index is -0.502. The summed E-state index contributed by atoms with van der Waals surface area (Å²) in [6.07, 6.45) is 1.85. The van der Waals surface area contributed by atoms with E-state index in [0.29, 0.717) is 11.6 Å². The highest BCUT2D eigenvalue weighted by atomic mass is 35.5. The second-order valence-corrected chi connectivity index (χ2v) is 5.72. The van der Waals surface area contributed by atoms with Crippen molar-refractivity contribution >= 4 is 11.6 Å². The van der Waals surface area contributed by atoms with Crippen LogP contribution in [0.25, 0.3) is 0 Å². The van der Waals surface area contributed by atoms with Crippen molar-refractivity contribution in [3.05, 3.63) is 47.2 Å². The van der Waals surface area contributed by atoms with E-state index in [1.807, 2.05) is 18.2 Å². The lowest BCUT2D eigenvalue weighted by molar-refractivity contribution is -0.0277. The van der Waals surface area contributed by atoms with E-state index in [1.54, 1.807) is 18.3 Å². The minimum Gasteiger partial charge on any atom is -0.488 e. The molecule has 0 aliphatic carbocycles. The molecule has 1 fully saturated rings. The molecule has 2 heterocycles. The fourth-order valence-corrected chi connectivity index (χ4v) is 2.68. The number of aromatic amines is 1. The van der Waals surface area contributed by atoms with Gasteiger partial charge in [-0.1, -0.05) is 11.6 Å². The normalized spacial score (nSPS) is 23.1. The molecule has 6 heteroatoms. The third-order valence-electron chi connectivity index (χ3n) is 3.66. The van der Waals surface area contributed by atoms with Crippen LogP contribution in [-0.4, -0.2) is 45.5 Å². The van der Waals surface area contributed by atoms with Crippen LogP contribution < -0.4 is 4.74 Å². The van der Waals surface area contributed by atoms with Gasteiger partial charge in [-0.3, -0.25) is 10.00 Å². The average molecular weight is 308 g/mol. The summed E-state index contributed by atoms with van der Waals surface area (Å²) in [7, 11) is 0. The summed E-state index contributed by atoms with van der Waals surface area (Å²) >= 11 is 5.85. The van der Waals surface area contributed by atoms with Crippen LogP contribution in [0, 0.1) is 0 Å². The Kier molecular flexibility index (Phi) is 4.43. The monoisotopic (exact) mass is 307 g/mol. The highest BCUT2D eigenvalue weighted by molar-refractivity contribution is 6.30. The predicted octanol–water partition coefficient (Wildman–Crippen LogP) is 2.08. The maximum Gasteiger partial charge on any atom is 0.127 e. The standard InChI is InChI=1S/C15H18ClN3O2/c16-11-1-3-13(4-2-11)21-15-6-8-19(10-14(15)20)9-12-5-7-17-18-12/h1-5,7,14-15,20H,6,8-10H2,(H,17,18)/t14-,15-/m1/s1. The van der Waals surface area contributed by atoms with Crippen molar-refractivity contribution in [1.29, 1.82) is 0 Å². The van der Waals surface area contributed by atoms with E-state index < -0.39 is 6.10 Å². The summed E-state index contributed by atoms with van der Waals surface area (Å²) in [6, 6.07) is 9.17. The zero-order chi connectivity index (χ0) is 14.7. The van der Waals surface area contributed by atoms with Gasteiger partial charge in [0.2, 0.25) is 0 Å². The third kappa shape index (κ3) is 3.75. The highest BCUT2D eigenvalue weighted by Gasteiger charge is 2.29. The molecule has 21 heavy (non-hydrogen) atoms. The topological polar surface area (TPSA) is 61.4 Å². The van der Waals surface area contributed by atoms with Crippen molar-refractivity contribution in [2.45, 2.75) is 25.2 Å². The van der Waals surface area contributed by atoms with Crippen LogP contribution in [0.4, 0.5) is 0 Å². The number of aliphatic hydroxyl groups excluding tert-OH is 1. The van der Waals surface area contributed by atoms with Crippen molar-refractivity contribution < 1.29 is 9.84 Å². The number of β-amino-alcohol motifs (C(OH)–C–C–N with tert-alkyl or cyclic N) is 1. The van der Waals surface area contributed by atoms with Crippen molar-refractivity contribution in [3.63, 3.8) is 0 Å². The van der Waals surface area contributed by atoms with Gasteiger partial charge in [0.05, 0.1) is 0 Å². The summed E-state index contributed by atoms with van der Waals surface area (Å²) in [4.78, 5) is 2.19. The van der Waals surface area contributed by atoms with Gasteiger partial charge in [0.15, 0.2) is 0 Å². The molecule has 1 aliphatic heterocycles. The maximum atomic E-state index is 10.3. The second kappa shape index (κ2) is 6.47. The molecule has 112 valence electrons. The number of benzene rings is 1. The van der Waals surface area contributed by atoms with Gasteiger partial charge in [-0.05, 0) is 36.8 Å². The number of hydrogen-bond acceptors (Lipinski definition) is 4. The van der Waals surface area contributed by atoms with Gasteiger partial charge < -0.3 is 9.84 Å². The Balaban J connectivity index is 1.54. The first kappa shape index (κ1) is 14.4. The summed E-state index contributed by atoms with van der Waals surface area (Å²) in [5.41, 5.74) is 1.05. The molecule has 1 aromatic heterocycles. The Bertz CT molecular complexity index is 559. The van der Waals surface area contributed by atoms with Crippen LogP contribution in [0.2, 0.25) is 5.02 Å². The summed E-state index contributed by atoms with van der Waals surface area (Å²) in [5.74, 6) is 0.741. The first-order chi connectivity index (χ1) is 10.2. The van der Waals surface area contributed by atoms with Gasteiger partial charge in [-0.15, -0.1) is 0 Å².